The van der Waals surface area contributed by atoms with E-state index in [-0.39, 0.29) is 35.8 Å². The number of amides is 2. The van der Waals surface area contributed by atoms with Crippen LogP contribution in [0.5, 0.6) is 0 Å². The number of ether oxygens (including phenoxy) is 1. The summed E-state index contributed by atoms with van der Waals surface area (Å²) in [6, 6.07) is -0.356. The smallest absolute Gasteiger partial charge is 0.305 e. The maximum atomic E-state index is 11.8. The molecule has 1 fully saturated rings. The number of rotatable bonds is 8. The van der Waals surface area contributed by atoms with Gasteiger partial charge in [0.2, 0.25) is 11.8 Å². The molecule has 0 aromatic heterocycles. The zero-order valence-corrected chi connectivity index (χ0v) is 13.0. The number of morpholine rings is 1. The second kappa shape index (κ2) is 9.62. The van der Waals surface area contributed by atoms with Crippen LogP contribution in [0.2, 0.25) is 0 Å². The van der Waals surface area contributed by atoms with Crippen LogP contribution in [0.1, 0.15) is 19.8 Å². The molecular formula is C13H22N2O5S. The average molecular weight is 318 g/mol. The Hall–Kier alpha value is -1.28. The fourth-order valence-corrected chi connectivity index (χ4v) is 2.64. The van der Waals surface area contributed by atoms with Gasteiger partial charge in [-0.3, -0.25) is 14.4 Å². The highest BCUT2D eigenvalue weighted by atomic mass is 32.2. The SMILES string of the molecule is CCC(CC(=O)O)NC(=O)CSCC(=O)N1CCOCC1. The summed E-state index contributed by atoms with van der Waals surface area (Å²) in [6.45, 7) is 4.14. The van der Waals surface area contributed by atoms with Crippen LogP contribution in [-0.2, 0) is 19.1 Å². The van der Waals surface area contributed by atoms with Gasteiger partial charge in [0, 0.05) is 19.1 Å². The first kappa shape index (κ1) is 17.8. The van der Waals surface area contributed by atoms with Crippen molar-refractivity contribution in [2.45, 2.75) is 25.8 Å². The Morgan fingerprint density at radius 2 is 1.95 bits per heavy atom. The van der Waals surface area contributed by atoms with Crippen molar-refractivity contribution in [1.82, 2.24) is 10.2 Å². The van der Waals surface area contributed by atoms with Gasteiger partial charge in [0.05, 0.1) is 31.1 Å². The fraction of sp³-hybridized carbons (Fsp3) is 0.769. The van der Waals surface area contributed by atoms with E-state index in [2.05, 4.69) is 5.32 Å². The Kier molecular flexibility index (Phi) is 8.14. The van der Waals surface area contributed by atoms with Crippen LogP contribution >= 0.6 is 11.8 Å². The van der Waals surface area contributed by atoms with Crippen LogP contribution < -0.4 is 5.32 Å². The minimum atomic E-state index is -0.933. The lowest BCUT2D eigenvalue weighted by atomic mass is 10.1. The van der Waals surface area contributed by atoms with Gasteiger partial charge in [-0.2, -0.15) is 0 Å². The van der Waals surface area contributed by atoms with E-state index in [4.69, 9.17) is 9.84 Å². The molecule has 21 heavy (non-hydrogen) atoms. The lowest BCUT2D eigenvalue weighted by molar-refractivity contribution is -0.137. The number of nitrogens with zero attached hydrogens (tertiary/aromatic N) is 1. The number of carbonyl (C=O) groups is 3. The van der Waals surface area contributed by atoms with Gasteiger partial charge in [0.15, 0.2) is 0 Å². The number of carbonyl (C=O) groups excluding carboxylic acids is 2. The Morgan fingerprint density at radius 3 is 2.52 bits per heavy atom. The van der Waals surface area contributed by atoms with Crippen LogP contribution in [0.3, 0.4) is 0 Å². The number of hydrogen-bond donors (Lipinski definition) is 2. The second-order valence-corrected chi connectivity index (χ2v) is 5.74. The van der Waals surface area contributed by atoms with Gasteiger partial charge in [0.25, 0.3) is 0 Å². The largest absolute Gasteiger partial charge is 0.481 e. The summed E-state index contributed by atoms with van der Waals surface area (Å²) >= 11 is 1.24. The Balaban J connectivity index is 2.20. The summed E-state index contributed by atoms with van der Waals surface area (Å²) in [5.74, 6) is -0.746. The van der Waals surface area contributed by atoms with E-state index in [1.165, 1.54) is 11.8 Å². The van der Waals surface area contributed by atoms with Crippen LogP contribution in [0.4, 0.5) is 0 Å². The highest BCUT2D eigenvalue weighted by Crippen LogP contribution is 2.06. The molecule has 0 bridgehead atoms. The monoisotopic (exact) mass is 318 g/mol. The second-order valence-electron chi connectivity index (χ2n) is 4.76. The molecule has 1 aliphatic rings. The first-order valence-electron chi connectivity index (χ1n) is 6.97. The maximum absolute atomic E-state index is 11.8. The Bertz CT molecular complexity index is 372. The summed E-state index contributed by atoms with van der Waals surface area (Å²) in [7, 11) is 0. The summed E-state index contributed by atoms with van der Waals surface area (Å²) in [5, 5.41) is 11.4. The summed E-state index contributed by atoms with van der Waals surface area (Å²) in [5.41, 5.74) is 0. The number of carboxylic acid groups (broad SMARTS) is 1. The van der Waals surface area contributed by atoms with Crippen molar-refractivity contribution in [3.05, 3.63) is 0 Å². The Morgan fingerprint density at radius 1 is 1.29 bits per heavy atom. The summed E-state index contributed by atoms with van der Waals surface area (Å²) in [6.07, 6.45) is 0.481. The van der Waals surface area contributed by atoms with Gasteiger partial charge in [-0.25, -0.2) is 0 Å². The van der Waals surface area contributed by atoms with Crippen molar-refractivity contribution >= 4 is 29.5 Å². The number of nitrogens with one attached hydrogen (secondary N) is 1. The third kappa shape index (κ3) is 7.33. The highest BCUT2D eigenvalue weighted by molar-refractivity contribution is 8.00. The highest BCUT2D eigenvalue weighted by Gasteiger charge is 2.18. The van der Waals surface area contributed by atoms with E-state index < -0.39 is 5.97 Å². The molecule has 8 heteroatoms. The molecule has 0 saturated carbocycles. The predicted octanol–water partition coefficient (Wildman–Crippen LogP) is -0.0521. The molecule has 120 valence electrons. The topological polar surface area (TPSA) is 95.9 Å². The van der Waals surface area contributed by atoms with E-state index in [1.807, 2.05) is 6.92 Å². The molecule has 0 aliphatic carbocycles. The van der Waals surface area contributed by atoms with E-state index in [9.17, 15) is 14.4 Å². The molecular weight excluding hydrogens is 296 g/mol. The van der Waals surface area contributed by atoms with Crippen molar-refractivity contribution < 1.29 is 24.2 Å². The molecule has 7 nitrogen and oxygen atoms in total. The van der Waals surface area contributed by atoms with Crippen molar-refractivity contribution in [2.24, 2.45) is 0 Å². The lowest BCUT2D eigenvalue weighted by Gasteiger charge is -2.26. The van der Waals surface area contributed by atoms with Gasteiger partial charge < -0.3 is 20.1 Å². The van der Waals surface area contributed by atoms with Crippen LogP contribution in [0.25, 0.3) is 0 Å². The fourth-order valence-electron chi connectivity index (χ4n) is 1.91. The number of aliphatic carboxylic acids is 1. The van der Waals surface area contributed by atoms with E-state index in [0.717, 1.165) is 0 Å². The van der Waals surface area contributed by atoms with E-state index in [1.54, 1.807) is 4.90 Å². The molecule has 1 heterocycles. The molecule has 1 atom stereocenters. The molecule has 0 radical (unpaired) electrons. The van der Waals surface area contributed by atoms with Crippen molar-refractivity contribution in [3.8, 4) is 0 Å². The zero-order chi connectivity index (χ0) is 15.7. The van der Waals surface area contributed by atoms with Gasteiger partial charge >= 0.3 is 5.97 Å². The third-order valence-corrected chi connectivity index (χ3v) is 4.02. The van der Waals surface area contributed by atoms with Gasteiger partial charge in [-0.1, -0.05) is 6.92 Å². The van der Waals surface area contributed by atoms with Crippen molar-refractivity contribution in [2.75, 3.05) is 37.8 Å². The molecule has 2 N–H and O–H groups in total. The maximum Gasteiger partial charge on any atom is 0.305 e. The Labute approximate surface area is 128 Å². The lowest BCUT2D eigenvalue weighted by Crippen LogP contribution is -2.42. The van der Waals surface area contributed by atoms with Gasteiger partial charge in [-0.05, 0) is 6.42 Å². The van der Waals surface area contributed by atoms with E-state index in [0.29, 0.717) is 32.7 Å². The molecule has 1 aliphatic heterocycles. The van der Waals surface area contributed by atoms with E-state index >= 15 is 0 Å². The molecule has 0 aromatic rings. The molecule has 1 saturated heterocycles. The minimum Gasteiger partial charge on any atom is -0.481 e. The quantitative estimate of drug-likeness (QED) is 0.651. The first-order valence-corrected chi connectivity index (χ1v) is 8.12. The van der Waals surface area contributed by atoms with Gasteiger partial charge in [-0.15, -0.1) is 11.8 Å². The first-order chi connectivity index (χ1) is 10.0. The average Bonchev–Trinajstić information content (AvgIpc) is 2.46. The zero-order valence-electron chi connectivity index (χ0n) is 12.2. The minimum absolute atomic E-state index is 0.00803. The van der Waals surface area contributed by atoms with Crippen molar-refractivity contribution in [3.63, 3.8) is 0 Å². The normalized spacial score (nSPS) is 16.3. The number of thioether (sulfide) groups is 1. The molecule has 0 aromatic carbocycles. The van der Waals surface area contributed by atoms with Gasteiger partial charge in [0.1, 0.15) is 0 Å². The standard InChI is InChI=1S/C13H22N2O5S/c1-2-10(7-13(18)19)14-11(16)8-21-9-12(17)15-3-5-20-6-4-15/h10H,2-9H2,1H3,(H,14,16)(H,18,19). The summed E-state index contributed by atoms with van der Waals surface area (Å²) in [4.78, 5) is 35.9. The summed E-state index contributed by atoms with van der Waals surface area (Å²) < 4.78 is 5.17. The third-order valence-electron chi connectivity index (χ3n) is 3.10. The molecule has 0 spiro atoms. The number of hydrogen-bond acceptors (Lipinski definition) is 5. The predicted molar refractivity (Wildman–Crippen MR) is 79.2 cm³/mol. The number of carboxylic acids is 1. The molecule has 1 unspecified atom stereocenters. The van der Waals surface area contributed by atoms with Crippen LogP contribution in [-0.4, -0.2) is 71.6 Å². The molecule has 2 amide bonds. The van der Waals surface area contributed by atoms with Crippen LogP contribution in [0.15, 0.2) is 0 Å². The van der Waals surface area contributed by atoms with Crippen LogP contribution in [0, 0.1) is 0 Å². The molecule has 1 rings (SSSR count). The van der Waals surface area contributed by atoms with Crippen molar-refractivity contribution in [1.29, 1.82) is 0 Å².